The highest BCUT2D eigenvalue weighted by atomic mass is 16.6. The molecule has 0 saturated carbocycles. The van der Waals surface area contributed by atoms with Crippen molar-refractivity contribution < 1.29 is 14.4 Å². The molecule has 6 heteroatoms. The Kier molecular flexibility index (Phi) is 5.34. The summed E-state index contributed by atoms with van der Waals surface area (Å²) in [7, 11) is 1.60. The minimum atomic E-state index is -0.412. The Morgan fingerprint density at radius 2 is 1.69 bits per heavy atom. The van der Waals surface area contributed by atoms with Crippen molar-refractivity contribution in [2.45, 2.75) is 6.54 Å². The first-order chi connectivity index (χ1) is 12.7. The lowest BCUT2D eigenvalue weighted by atomic mass is 10.2. The van der Waals surface area contributed by atoms with Gasteiger partial charge in [-0.25, -0.2) is 0 Å². The largest absolute Gasteiger partial charge is 0.497 e. The summed E-state index contributed by atoms with van der Waals surface area (Å²) in [5.41, 5.74) is 1.76. The average molecular weight is 350 g/mol. The van der Waals surface area contributed by atoms with Gasteiger partial charge in [0, 0.05) is 24.7 Å². The predicted octanol–water partition coefficient (Wildman–Crippen LogP) is 5.01. The molecule has 0 aliphatic heterocycles. The van der Waals surface area contributed by atoms with Gasteiger partial charge in [0.1, 0.15) is 11.5 Å². The number of nitrogens with zero attached hydrogens (tertiary/aromatic N) is 1. The number of benzene rings is 3. The van der Waals surface area contributed by atoms with Crippen LogP contribution < -0.4 is 14.8 Å². The number of para-hydroxylation sites is 1. The topological polar surface area (TPSA) is 73.6 Å². The van der Waals surface area contributed by atoms with Crippen molar-refractivity contribution in [2.24, 2.45) is 0 Å². The standard InChI is InChI=1S/C20H18N2O4/c1-25-18-11-12-20(26-17-5-3-2-4-6-17)19(13-18)21-14-15-7-9-16(10-8-15)22(23)24/h2-13,21H,14H2,1H3. The lowest BCUT2D eigenvalue weighted by Gasteiger charge is -2.14. The Morgan fingerprint density at radius 3 is 2.35 bits per heavy atom. The normalized spacial score (nSPS) is 10.2. The Bertz CT molecular complexity index is 880. The molecule has 132 valence electrons. The smallest absolute Gasteiger partial charge is 0.269 e. The van der Waals surface area contributed by atoms with Gasteiger partial charge < -0.3 is 14.8 Å². The molecule has 0 spiro atoms. The number of nitro groups is 1. The summed E-state index contributed by atoms with van der Waals surface area (Å²) in [6, 6.07) is 21.4. The van der Waals surface area contributed by atoms with E-state index in [2.05, 4.69) is 5.32 Å². The molecule has 1 N–H and O–H groups in total. The van der Waals surface area contributed by atoms with Crippen molar-refractivity contribution in [3.63, 3.8) is 0 Å². The number of nitro benzene ring substituents is 1. The van der Waals surface area contributed by atoms with Crippen molar-refractivity contribution in [1.82, 2.24) is 0 Å². The zero-order chi connectivity index (χ0) is 18.4. The summed E-state index contributed by atoms with van der Waals surface area (Å²) >= 11 is 0. The number of nitrogens with one attached hydrogen (secondary N) is 1. The van der Waals surface area contributed by atoms with Crippen LogP contribution in [0.1, 0.15) is 5.56 Å². The predicted molar refractivity (Wildman–Crippen MR) is 99.9 cm³/mol. The molecule has 3 aromatic rings. The minimum absolute atomic E-state index is 0.0724. The lowest BCUT2D eigenvalue weighted by Crippen LogP contribution is -2.02. The molecule has 0 radical (unpaired) electrons. The van der Waals surface area contributed by atoms with E-state index in [0.29, 0.717) is 18.0 Å². The van der Waals surface area contributed by atoms with Crippen LogP contribution in [0.3, 0.4) is 0 Å². The fraction of sp³-hybridized carbons (Fsp3) is 0.100. The van der Waals surface area contributed by atoms with Gasteiger partial charge in [0.2, 0.25) is 0 Å². The van der Waals surface area contributed by atoms with Gasteiger partial charge in [0.25, 0.3) is 5.69 Å². The fourth-order valence-corrected chi connectivity index (χ4v) is 2.41. The molecule has 0 fully saturated rings. The van der Waals surface area contributed by atoms with Crippen LogP contribution in [0.4, 0.5) is 11.4 Å². The summed E-state index contributed by atoms with van der Waals surface area (Å²) < 4.78 is 11.2. The maximum absolute atomic E-state index is 10.7. The van der Waals surface area contributed by atoms with Gasteiger partial charge in [-0.1, -0.05) is 30.3 Å². The monoisotopic (exact) mass is 350 g/mol. The molecule has 3 aromatic carbocycles. The van der Waals surface area contributed by atoms with E-state index in [0.717, 1.165) is 17.0 Å². The Morgan fingerprint density at radius 1 is 0.962 bits per heavy atom. The van der Waals surface area contributed by atoms with E-state index < -0.39 is 4.92 Å². The Hall–Kier alpha value is -3.54. The maximum Gasteiger partial charge on any atom is 0.269 e. The van der Waals surface area contributed by atoms with Crippen LogP contribution in [0.2, 0.25) is 0 Å². The number of anilines is 1. The number of hydrogen-bond acceptors (Lipinski definition) is 5. The highest BCUT2D eigenvalue weighted by Crippen LogP contribution is 2.33. The van der Waals surface area contributed by atoms with E-state index >= 15 is 0 Å². The Balaban J connectivity index is 1.77. The van der Waals surface area contributed by atoms with Gasteiger partial charge in [-0.3, -0.25) is 10.1 Å². The van der Waals surface area contributed by atoms with E-state index in [-0.39, 0.29) is 5.69 Å². The van der Waals surface area contributed by atoms with Crippen molar-refractivity contribution in [3.8, 4) is 17.2 Å². The summed E-state index contributed by atoms with van der Waals surface area (Å²) in [5.74, 6) is 2.10. The van der Waals surface area contributed by atoms with Gasteiger partial charge in [-0.2, -0.15) is 0 Å². The number of hydrogen-bond donors (Lipinski definition) is 1. The molecule has 0 heterocycles. The van der Waals surface area contributed by atoms with Crippen molar-refractivity contribution in [1.29, 1.82) is 0 Å². The first-order valence-corrected chi connectivity index (χ1v) is 8.04. The van der Waals surface area contributed by atoms with Crippen molar-refractivity contribution >= 4 is 11.4 Å². The molecule has 0 atom stereocenters. The highest BCUT2D eigenvalue weighted by Gasteiger charge is 2.08. The molecule has 0 unspecified atom stereocenters. The zero-order valence-electron chi connectivity index (χ0n) is 14.2. The van der Waals surface area contributed by atoms with E-state index in [9.17, 15) is 10.1 Å². The van der Waals surface area contributed by atoms with Gasteiger partial charge in [-0.05, 0) is 29.8 Å². The molecule has 0 aromatic heterocycles. The number of methoxy groups -OCH3 is 1. The van der Waals surface area contributed by atoms with E-state index in [1.807, 2.05) is 48.5 Å². The third-order valence-electron chi connectivity index (χ3n) is 3.79. The van der Waals surface area contributed by atoms with Crippen LogP contribution in [0, 0.1) is 10.1 Å². The second kappa shape index (κ2) is 8.02. The molecule has 6 nitrogen and oxygen atoms in total. The average Bonchev–Trinajstić information content (AvgIpc) is 2.68. The molecule has 0 amide bonds. The third-order valence-corrected chi connectivity index (χ3v) is 3.79. The first kappa shape index (κ1) is 17.3. The molecule has 0 bridgehead atoms. The van der Waals surface area contributed by atoms with Gasteiger partial charge >= 0.3 is 0 Å². The molecular weight excluding hydrogens is 332 g/mol. The third kappa shape index (κ3) is 4.30. The van der Waals surface area contributed by atoms with Crippen LogP contribution in [-0.2, 0) is 6.54 Å². The lowest BCUT2D eigenvalue weighted by molar-refractivity contribution is -0.384. The van der Waals surface area contributed by atoms with E-state index in [1.54, 1.807) is 19.2 Å². The van der Waals surface area contributed by atoms with Crippen LogP contribution >= 0.6 is 0 Å². The summed E-state index contributed by atoms with van der Waals surface area (Å²) in [4.78, 5) is 10.3. The van der Waals surface area contributed by atoms with E-state index in [1.165, 1.54) is 12.1 Å². The summed E-state index contributed by atoms with van der Waals surface area (Å²) in [6.45, 7) is 0.496. The fourth-order valence-electron chi connectivity index (χ4n) is 2.41. The first-order valence-electron chi connectivity index (χ1n) is 8.04. The van der Waals surface area contributed by atoms with Crippen LogP contribution in [0.5, 0.6) is 17.2 Å². The maximum atomic E-state index is 10.7. The summed E-state index contributed by atoms with van der Waals surface area (Å²) in [6.07, 6.45) is 0. The quantitative estimate of drug-likeness (QED) is 0.479. The number of rotatable bonds is 7. The highest BCUT2D eigenvalue weighted by molar-refractivity contribution is 5.61. The van der Waals surface area contributed by atoms with Crippen molar-refractivity contribution in [2.75, 3.05) is 12.4 Å². The van der Waals surface area contributed by atoms with Gasteiger partial charge in [0.15, 0.2) is 5.75 Å². The number of non-ortho nitro benzene ring substituents is 1. The second-order valence-corrected chi connectivity index (χ2v) is 5.55. The molecule has 0 aliphatic rings. The number of ether oxygens (including phenoxy) is 2. The zero-order valence-corrected chi connectivity index (χ0v) is 14.2. The van der Waals surface area contributed by atoms with Gasteiger partial charge in [0.05, 0.1) is 17.7 Å². The second-order valence-electron chi connectivity index (χ2n) is 5.55. The molecule has 3 rings (SSSR count). The molecule has 26 heavy (non-hydrogen) atoms. The van der Waals surface area contributed by atoms with Crippen LogP contribution in [0.15, 0.2) is 72.8 Å². The van der Waals surface area contributed by atoms with Gasteiger partial charge in [-0.15, -0.1) is 0 Å². The molecule has 0 aliphatic carbocycles. The van der Waals surface area contributed by atoms with Crippen LogP contribution in [-0.4, -0.2) is 12.0 Å². The van der Waals surface area contributed by atoms with Crippen molar-refractivity contribution in [3.05, 3.63) is 88.5 Å². The van der Waals surface area contributed by atoms with E-state index in [4.69, 9.17) is 9.47 Å². The SMILES string of the molecule is COc1ccc(Oc2ccccc2)c(NCc2ccc([N+](=O)[O-])cc2)c1. The summed E-state index contributed by atoms with van der Waals surface area (Å²) in [5, 5.41) is 14.0. The molecule has 0 saturated heterocycles. The minimum Gasteiger partial charge on any atom is -0.497 e. The van der Waals surface area contributed by atoms with Crippen LogP contribution in [0.25, 0.3) is 0 Å². The molecular formula is C20H18N2O4. The Labute approximate surface area is 151 Å².